The van der Waals surface area contributed by atoms with Gasteiger partial charge < -0.3 is 5.73 Å². The third-order valence-corrected chi connectivity index (χ3v) is 3.70. The maximum absolute atomic E-state index is 10.9. The summed E-state index contributed by atoms with van der Waals surface area (Å²) in [5.41, 5.74) is 5.27. The number of nitrogens with zero attached hydrogens (tertiary/aromatic N) is 1. The first-order valence-corrected chi connectivity index (χ1v) is 5.45. The molecule has 4 nitrogen and oxygen atoms in total. The van der Waals surface area contributed by atoms with Crippen LogP contribution in [0.2, 0.25) is 0 Å². The molecule has 1 fully saturated rings. The van der Waals surface area contributed by atoms with Crippen molar-refractivity contribution in [3.63, 3.8) is 0 Å². The average molecular weight is 178 g/mol. The standard InChI is InChI=1S/C6H14N2O2S/c7-3-1-2-4-8-5-6-11(8,9)10/h1-7H2. The summed E-state index contributed by atoms with van der Waals surface area (Å²) in [5.74, 6) is 0.329. The highest BCUT2D eigenvalue weighted by Crippen LogP contribution is 2.13. The summed E-state index contributed by atoms with van der Waals surface area (Å²) in [6, 6.07) is 0. The van der Waals surface area contributed by atoms with Crippen LogP contribution in [-0.2, 0) is 10.0 Å². The lowest BCUT2D eigenvalue weighted by Crippen LogP contribution is -2.47. The van der Waals surface area contributed by atoms with Crippen LogP contribution in [0.25, 0.3) is 0 Å². The predicted molar refractivity (Wildman–Crippen MR) is 43.6 cm³/mol. The molecule has 1 rings (SSSR count). The van der Waals surface area contributed by atoms with E-state index in [4.69, 9.17) is 5.73 Å². The van der Waals surface area contributed by atoms with Crippen LogP contribution >= 0.6 is 0 Å². The topological polar surface area (TPSA) is 63.4 Å². The van der Waals surface area contributed by atoms with E-state index in [0.29, 0.717) is 25.4 Å². The Hall–Kier alpha value is -0.130. The molecular weight excluding hydrogens is 164 g/mol. The number of hydrogen-bond donors (Lipinski definition) is 1. The van der Waals surface area contributed by atoms with Gasteiger partial charge in [0.15, 0.2) is 0 Å². The maximum atomic E-state index is 10.9. The molecule has 2 N–H and O–H groups in total. The molecule has 0 amide bonds. The molecule has 1 aliphatic heterocycles. The lowest BCUT2D eigenvalue weighted by Gasteiger charge is -2.29. The third-order valence-electron chi connectivity index (χ3n) is 1.85. The predicted octanol–water partition coefficient (Wildman–Crippen LogP) is -0.629. The molecule has 0 spiro atoms. The van der Waals surface area contributed by atoms with Crippen molar-refractivity contribution in [3.05, 3.63) is 0 Å². The van der Waals surface area contributed by atoms with Crippen molar-refractivity contribution >= 4 is 10.0 Å². The summed E-state index contributed by atoms with van der Waals surface area (Å²) in [7, 11) is -2.81. The Bertz CT molecular complexity index is 213. The monoisotopic (exact) mass is 178 g/mol. The number of nitrogens with two attached hydrogens (primary N) is 1. The summed E-state index contributed by atoms with van der Waals surface area (Å²) < 4.78 is 23.3. The normalized spacial score (nSPS) is 23.0. The van der Waals surface area contributed by atoms with E-state index in [1.165, 1.54) is 4.31 Å². The Morgan fingerprint density at radius 2 is 2.09 bits per heavy atom. The Morgan fingerprint density at radius 1 is 1.36 bits per heavy atom. The van der Waals surface area contributed by atoms with E-state index in [2.05, 4.69) is 0 Å². The summed E-state index contributed by atoms with van der Waals surface area (Å²) in [4.78, 5) is 0. The van der Waals surface area contributed by atoms with Crippen LogP contribution in [0, 0.1) is 0 Å². The van der Waals surface area contributed by atoms with E-state index in [-0.39, 0.29) is 0 Å². The highest BCUT2D eigenvalue weighted by molar-refractivity contribution is 7.90. The van der Waals surface area contributed by atoms with E-state index in [1.54, 1.807) is 0 Å². The van der Waals surface area contributed by atoms with Crippen molar-refractivity contribution in [2.75, 3.05) is 25.4 Å². The van der Waals surface area contributed by atoms with Crippen molar-refractivity contribution in [2.24, 2.45) is 5.73 Å². The zero-order valence-corrected chi connectivity index (χ0v) is 7.31. The van der Waals surface area contributed by atoms with Crippen molar-refractivity contribution in [3.8, 4) is 0 Å². The lowest BCUT2D eigenvalue weighted by atomic mass is 10.3. The highest BCUT2D eigenvalue weighted by atomic mass is 32.2. The second kappa shape index (κ2) is 3.51. The second-order valence-corrected chi connectivity index (χ2v) is 4.80. The Labute approximate surface area is 67.4 Å². The molecule has 66 valence electrons. The fraction of sp³-hybridized carbons (Fsp3) is 1.00. The van der Waals surface area contributed by atoms with E-state index in [0.717, 1.165) is 12.8 Å². The van der Waals surface area contributed by atoms with Crippen LogP contribution in [0.15, 0.2) is 0 Å². The van der Waals surface area contributed by atoms with Crippen LogP contribution in [-0.4, -0.2) is 38.1 Å². The molecule has 0 atom stereocenters. The summed E-state index contributed by atoms with van der Waals surface area (Å²) >= 11 is 0. The van der Waals surface area contributed by atoms with Gasteiger partial charge in [-0.25, -0.2) is 12.7 Å². The third kappa shape index (κ3) is 2.15. The van der Waals surface area contributed by atoms with Gasteiger partial charge >= 0.3 is 0 Å². The minimum atomic E-state index is -2.81. The van der Waals surface area contributed by atoms with Gasteiger partial charge in [0.25, 0.3) is 0 Å². The summed E-state index contributed by atoms with van der Waals surface area (Å²) in [5, 5.41) is 0. The molecule has 0 unspecified atom stereocenters. The minimum absolute atomic E-state index is 0.329. The number of hydrogen-bond acceptors (Lipinski definition) is 3. The fourth-order valence-corrected chi connectivity index (χ4v) is 2.20. The minimum Gasteiger partial charge on any atom is -0.330 e. The Kier molecular flexibility index (Phi) is 2.86. The molecule has 5 heteroatoms. The molecule has 0 radical (unpaired) electrons. The first-order chi connectivity index (χ1) is 5.17. The molecule has 1 saturated heterocycles. The van der Waals surface area contributed by atoms with Crippen LogP contribution in [0.1, 0.15) is 12.8 Å². The number of unbranched alkanes of at least 4 members (excludes halogenated alkanes) is 1. The molecule has 0 aromatic heterocycles. The smallest absolute Gasteiger partial charge is 0.215 e. The van der Waals surface area contributed by atoms with Gasteiger partial charge in [-0.05, 0) is 19.4 Å². The van der Waals surface area contributed by atoms with Gasteiger partial charge in [0.2, 0.25) is 10.0 Å². The fourth-order valence-electron chi connectivity index (χ4n) is 1.05. The molecule has 0 aromatic carbocycles. The number of rotatable bonds is 4. The highest BCUT2D eigenvalue weighted by Gasteiger charge is 2.31. The van der Waals surface area contributed by atoms with Crippen LogP contribution in [0.4, 0.5) is 0 Å². The van der Waals surface area contributed by atoms with Gasteiger partial charge in [0.1, 0.15) is 0 Å². The summed E-state index contributed by atoms with van der Waals surface area (Å²) in [6.07, 6.45) is 1.79. The lowest BCUT2D eigenvalue weighted by molar-refractivity contribution is 0.376. The second-order valence-electron chi connectivity index (χ2n) is 2.71. The first kappa shape index (κ1) is 8.96. The molecule has 0 saturated carbocycles. The van der Waals surface area contributed by atoms with E-state index in [1.807, 2.05) is 0 Å². The van der Waals surface area contributed by atoms with E-state index in [9.17, 15) is 8.42 Å². The molecule has 0 aromatic rings. The molecular formula is C6H14N2O2S. The Balaban J connectivity index is 2.19. The van der Waals surface area contributed by atoms with Crippen LogP contribution in [0.3, 0.4) is 0 Å². The van der Waals surface area contributed by atoms with Gasteiger partial charge in [0, 0.05) is 13.1 Å². The maximum Gasteiger partial charge on any atom is 0.215 e. The molecule has 1 heterocycles. The van der Waals surface area contributed by atoms with Gasteiger partial charge in [-0.3, -0.25) is 0 Å². The van der Waals surface area contributed by atoms with Gasteiger partial charge in [-0.2, -0.15) is 0 Å². The van der Waals surface area contributed by atoms with Crippen LogP contribution < -0.4 is 5.73 Å². The van der Waals surface area contributed by atoms with Gasteiger partial charge in [-0.15, -0.1) is 0 Å². The SMILES string of the molecule is NCCCCN1CCS1(=O)=O. The first-order valence-electron chi connectivity index (χ1n) is 3.85. The largest absolute Gasteiger partial charge is 0.330 e. The van der Waals surface area contributed by atoms with Crippen molar-refractivity contribution in [2.45, 2.75) is 12.8 Å². The van der Waals surface area contributed by atoms with Crippen LogP contribution in [0.5, 0.6) is 0 Å². The average Bonchev–Trinajstić information content (AvgIpc) is 1.96. The van der Waals surface area contributed by atoms with Crippen molar-refractivity contribution in [1.82, 2.24) is 4.31 Å². The quantitative estimate of drug-likeness (QED) is 0.583. The summed E-state index contributed by atoms with van der Waals surface area (Å²) in [6.45, 7) is 2.00. The van der Waals surface area contributed by atoms with Crippen molar-refractivity contribution in [1.29, 1.82) is 0 Å². The van der Waals surface area contributed by atoms with Crippen molar-refractivity contribution < 1.29 is 8.42 Å². The zero-order chi connectivity index (χ0) is 8.32. The van der Waals surface area contributed by atoms with Gasteiger partial charge in [-0.1, -0.05) is 0 Å². The zero-order valence-electron chi connectivity index (χ0n) is 6.49. The molecule has 11 heavy (non-hydrogen) atoms. The molecule has 0 aliphatic carbocycles. The molecule has 0 bridgehead atoms. The van der Waals surface area contributed by atoms with Gasteiger partial charge in [0.05, 0.1) is 5.75 Å². The molecule has 1 aliphatic rings. The van der Waals surface area contributed by atoms with E-state index < -0.39 is 10.0 Å². The Morgan fingerprint density at radius 3 is 2.45 bits per heavy atom. The number of sulfonamides is 1. The van der Waals surface area contributed by atoms with E-state index >= 15 is 0 Å².